The molecule has 2 fully saturated rings. The Hall–Kier alpha value is -0.520. The molecule has 0 nitrogen and oxygen atoms in total. The lowest BCUT2D eigenvalue weighted by molar-refractivity contribution is 0.117. The van der Waals surface area contributed by atoms with Gasteiger partial charge in [-0.25, -0.2) is 0 Å². The Labute approximate surface area is 106 Å². The highest BCUT2D eigenvalue weighted by Crippen LogP contribution is 2.52. The lowest BCUT2D eigenvalue weighted by Crippen LogP contribution is -2.36. The molecule has 0 radical (unpaired) electrons. The lowest BCUT2D eigenvalue weighted by Gasteiger charge is -2.45. The van der Waals surface area contributed by atoms with Crippen LogP contribution >= 0.6 is 0 Å². The fourth-order valence-corrected chi connectivity index (χ4v) is 4.58. The van der Waals surface area contributed by atoms with E-state index in [4.69, 9.17) is 0 Å². The van der Waals surface area contributed by atoms with Gasteiger partial charge in [0.15, 0.2) is 0 Å². The molecule has 0 aromatic heterocycles. The van der Waals surface area contributed by atoms with Crippen LogP contribution in [0.5, 0.6) is 0 Å². The third-order valence-corrected chi connectivity index (χ3v) is 5.51. The fourth-order valence-electron chi connectivity index (χ4n) is 4.58. The summed E-state index contributed by atoms with van der Waals surface area (Å²) in [6.07, 6.45) is 24.5. The summed E-state index contributed by atoms with van der Waals surface area (Å²) in [5.74, 6) is 1.91. The van der Waals surface area contributed by atoms with Crippen LogP contribution in [0.1, 0.15) is 64.2 Å². The molecule has 0 spiro atoms. The molecule has 94 valence electrons. The molecule has 17 heavy (non-hydrogen) atoms. The van der Waals surface area contributed by atoms with E-state index in [2.05, 4.69) is 24.3 Å². The quantitative estimate of drug-likeness (QED) is 0.607. The standard InChI is InChI=1S/C17H26/c1-3-9-15(10-4-1)17(13-7-8-14-17)16-11-5-2-6-12-16/h7-8,13-16H,1-6,9-12H2. The van der Waals surface area contributed by atoms with Gasteiger partial charge in [0.1, 0.15) is 0 Å². The maximum absolute atomic E-state index is 2.57. The van der Waals surface area contributed by atoms with E-state index in [0.717, 1.165) is 11.8 Å². The van der Waals surface area contributed by atoms with Crippen molar-refractivity contribution in [3.63, 3.8) is 0 Å². The Morgan fingerprint density at radius 3 is 1.41 bits per heavy atom. The second kappa shape index (κ2) is 5.00. The molecule has 3 aliphatic carbocycles. The molecule has 0 amide bonds. The maximum atomic E-state index is 2.57. The van der Waals surface area contributed by atoms with E-state index in [9.17, 15) is 0 Å². The minimum atomic E-state index is 0.473. The molecule has 0 aromatic rings. The zero-order chi connectivity index (χ0) is 11.6. The van der Waals surface area contributed by atoms with Crippen LogP contribution in [0.15, 0.2) is 24.3 Å². The SMILES string of the molecule is C1=CC(C2CCCCC2)(C2CCCCC2)C=C1. The maximum Gasteiger partial charge on any atom is 0.0124 e. The predicted molar refractivity (Wildman–Crippen MR) is 73.9 cm³/mol. The summed E-state index contributed by atoms with van der Waals surface area (Å²) >= 11 is 0. The van der Waals surface area contributed by atoms with Gasteiger partial charge in [0.2, 0.25) is 0 Å². The average Bonchev–Trinajstić information content (AvgIpc) is 2.91. The molecule has 0 unspecified atom stereocenters. The zero-order valence-electron chi connectivity index (χ0n) is 11.0. The zero-order valence-corrected chi connectivity index (χ0v) is 11.0. The summed E-state index contributed by atoms with van der Waals surface area (Å²) in [5, 5.41) is 0. The van der Waals surface area contributed by atoms with E-state index in [0.29, 0.717) is 5.41 Å². The van der Waals surface area contributed by atoms with Crippen molar-refractivity contribution in [2.75, 3.05) is 0 Å². The molecular formula is C17H26. The van der Waals surface area contributed by atoms with Gasteiger partial charge in [-0.1, -0.05) is 62.8 Å². The third-order valence-electron chi connectivity index (χ3n) is 5.51. The van der Waals surface area contributed by atoms with Crippen LogP contribution in [-0.4, -0.2) is 0 Å². The van der Waals surface area contributed by atoms with Crippen molar-refractivity contribution >= 4 is 0 Å². The van der Waals surface area contributed by atoms with E-state index in [1.165, 1.54) is 64.2 Å². The van der Waals surface area contributed by atoms with Gasteiger partial charge in [-0.2, -0.15) is 0 Å². The first-order valence-corrected chi connectivity index (χ1v) is 7.79. The first kappa shape index (κ1) is 11.6. The third kappa shape index (κ3) is 2.11. The van der Waals surface area contributed by atoms with Crippen LogP contribution in [0.4, 0.5) is 0 Å². The smallest absolute Gasteiger partial charge is 0.0124 e. The summed E-state index contributed by atoms with van der Waals surface area (Å²) in [5.41, 5.74) is 0.473. The Balaban J connectivity index is 1.81. The number of hydrogen-bond acceptors (Lipinski definition) is 0. The van der Waals surface area contributed by atoms with E-state index >= 15 is 0 Å². The lowest BCUT2D eigenvalue weighted by atomic mass is 9.59. The first-order valence-electron chi connectivity index (χ1n) is 7.79. The van der Waals surface area contributed by atoms with Gasteiger partial charge in [-0.05, 0) is 37.5 Å². The first-order chi connectivity index (χ1) is 8.42. The molecule has 2 saturated carbocycles. The number of hydrogen-bond donors (Lipinski definition) is 0. The number of allylic oxidation sites excluding steroid dienone is 4. The molecule has 0 heteroatoms. The van der Waals surface area contributed by atoms with E-state index in [-0.39, 0.29) is 0 Å². The Bertz CT molecular complexity index is 266. The summed E-state index contributed by atoms with van der Waals surface area (Å²) in [7, 11) is 0. The highest BCUT2D eigenvalue weighted by molar-refractivity contribution is 5.28. The molecule has 0 saturated heterocycles. The fraction of sp³-hybridized carbons (Fsp3) is 0.765. The summed E-state index contributed by atoms with van der Waals surface area (Å²) in [6, 6.07) is 0. The Morgan fingerprint density at radius 1 is 0.588 bits per heavy atom. The van der Waals surface area contributed by atoms with Crippen LogP contribution in [0.2, 0.25) is 0 Å². The molecule has 3 aliphatic rings. The monoisotopic (exact) mass is 230 g/mol. The van der Waals surface area contributed by atoms with Gasteiger partial charge < -0.3 is 0 Å². The van der Waals surface area contributed by atoms with Gasteiger partial charge in [0.25, 0.3) is 0 Å². The van der Waals surface area contributed by atoms with Gasteiger partial charge in [-0.15, -0.1) is 0 Å². The summed E-state index contributed by atoms with van der Waals surface area (Å²) in [6.45, 7) is 0. The molecule has 0 N–H and O–H groups in total. The van der Waals surface area contributed by atoms with Crippen LogP contribution in [0, 0.1) is 17.3 Å². The normalized spacial score (nSPS) is 29.9. The van der Waals surface area contributed by atoms with E-state index in [1.807, 2.05) is 0 Å². The molecule has 3 rings (SSSR count). The van der Waals surface area contributed by atoms with Crippen molar-refractivity contribution < 1.29 is 0 Å². The molecule has 0 atom stereocenters. The van der Waals surface area contributed by atoms with Gasteiger partial charge in [0, 0.05) is 5.41 Å². The van der Waals surface area contributed by atoms with E-state index < -0.39 is 0 Å². The largest absolute Gasteiger partial charge is 0.0740 e. The second-order valence-corrected chi connectivity index (χ2v) is 6.39. The molecule has 0 bridgehead atoms. The van der Waals surface area contributed by atoms with Crippen molar-refractivity contribution in [1.29, 1.82) is 0 Å². The van der Waals surface area contributed by atoms with Crippen LogP contribution in [-0.2, 0) is 0 Å². The highest BCUT2D eigenvalue weighted by atomic mass is 14.5. The van der Waals surface area contributed by atoms with Crippen molar-refractivity contribution in [2.24, 2.45) is 17.3 Å². The van der Waals surface area contributed by atoms with Crippen molar-refractivity contribution in [2.45, 2.75) is 64.2 Å². The summed E-state index contributed by atoms with van der Waals surface area (Å²) in [4.78, 5) is 0. The van der Waals surface area contributed by atoms with Crippen LogP contribution in [0.25, 0.3) is 0 Å². The highest BCUT2D eigenvalue weighted by Gasteiger charge is 2.42. The summed E-state index contributed by atoms with van der Waals surface area (Å²) < 4.78 is 0. The van der Waals surface area contributed by atoms with Crippen LogP contribution in [0.3, 0.4) is 0 Å². The van der Waals surface area contributed by atoms with Gasteiger partial charge in [-0.3, -0.25) is 0 Å². The topological polar surface area (TPSA) is 0 Å². The average molecular weight is 230 g/mol. The van der Waals surface area contributed by atoms with Crippen molar-refractivity contribution in [3.8, 4) is 0 Å². The van der Waals surface area contributed by atoms with E-state index in [1.54, 1.807) is 0 Å². The van der Waals surface area contributed by atoms with Crippen LogP contribution < -0.4 is 0 Å². The minimum Gasteiger partial charge on any atom is -0.0740 e. The predicted octanol–water partition coefficient (Wildman–Crippen LogP) is 5.26. The Morgan fingerprint density at radius 2 is 1.00 bits per heavy atom. The molecule has 0 heterocycles. The molecular weight excluding hydrogens is 204 g/mol. The Kier molecular flexibility index (Phi) is 3.40. The minimum absolute atomic E-state index is 0.473. The van der Waals surface area contributed by atoms with Crippen molar-refractivity contribution in [1.82, 2.24) is 0 Å². The number of rotatable bonds is 2. The molecule has 0 aromatic carbocycles. The van der Waals surface area contributed by atoms with Gasteiger partial charge >= 0.3 is 0 Å². The van der Waals surface area contributed by atoms with Crippen molar-refractivity contribution in [3.05, 3.63) is 24.3 Å². The molecule has 0 aliphatic heterocycles. The van der Waals surface area contributed by atoms with Gasteiger partial charge in [0.05, 0.1) is 0 Å². The second-order valence-electron chi connectivity index (χ2n) is 6.39.